The molecule has 0 aromatic rings. The van der Waals surface area contributed by atoms with E-state index in [1.165, 1.54) is 25.7 Å². The summed E-state index contributed by atoms with van der Waals surface area (Å²) in [5, 5.41) is 5.47. The van der Waals surface area contributed by atoms with Crippen LogP contribution in [0.15, 0.2) is 0 Å². The van der Waals surface area contributed by atoms with E-state index in [0.717, 1.165) is 12.8 Å². The Labute approximate surface area is 143 Å². The molecule has 1 aliphatic carbocycles. The van der Waals surface area contributed by atoms with Crippen molar-refractivity contribution >= 4 is 17.9 Å². The summed E-state index contributed by atoms with van der Waals surface area (Å²) in [6.07, 6.45) is 7.53. The minimum Gasteiger partial charge on any atom is -0.466 e. The van der Waals surface area contributed by atoms with Crippen LogP contribution in [0.4, 0.5) is 4.79 Å². The fourth-order valence-electron chi connectivity index (χ4n) is 3.50. The summed E-state index contributed by atoms with van der Waals surface area (Å²) in [4.78, 5) is 37.3. The smallest absolute Gasteiger partial charge is 0.315 e. The predicted octanol–water partition coefficient (Wildman–Crippen LogP) is 1.56. The molecule has 0 bridgehead atoms. The second-order valence-corrected chi connectivity index (χ2v) is 6.55. The van der Waals surface area contributed by atoms with Crippen LogP contribution in [-0.4, -0.2) is 54.6 Å². The molecule has 136 valence electrons. The number of urea groups is 1. The zero-order valence-electron chi connectivity index (χ0n) is 14.5. The van der Waals surface area contributed by atoms with Crippen molar-refractivity contribution in [2.75, 3.05) is 19.7 Å². The molecule has 2 N–H and O–H groups in total. The summed E-state index contributed by atoms with van der Waals surface area (Å²) in [5.41, 5.74) is 0. The van der Waals surface area contributed by atoms with Crippen LogP contribution in [0, 0.1) is 0 Å². The van der Waals surface area contributed by atoms with Gasteiger partial charge in [0, 0.05) is 25.6 Å². The summed E-state index contributed by atoms with van der Waals surface area (Å²) >= 11 is 0. The maximum Gasteiger partial charge on any atom is 0.315 e. The minimum absolute atomic E-state index is 0.138. The van der Waals surface area contributed by atoms with Gasteiger partial charge in [-0.1, -0.05) is 25.7 Å². The van der Waals surface area contributed by atoms with E-state index in [1.54, 1.807) is 6.92 Å². The van der Waals surface area contributed by atoms with E-state index in [-0.39, 0.29) is 36.9 Å². The van der Waals surface area contributed by atoms with Crippen molar-refractivity contribution in [3.8, 4) is 0 Å². The van der Waals surface area contributed by atoms with E-state index in [9.17, 15) is 14.4 Å². The zero-order valence-corrected chi connectivity index (χ0v) is 14.5. The van der Waals surface area contributed by atoms with Gasteiger partial charge < -0.3 is 20.3 Å². The van der Waals surface area contributed by atoms with Gasteiger partial charge in [-0.25, -0.2) is 4.79 Å². The molecule has 0 unspecified atom stereocenters. The van der Waals surface area contributed by atoms with Crippen LogP contribution in [-0.2, 0) is 14.3 Å². The molecule has 0 spiro atoms. The lowest BCUT2D eigenvalue weighted by molar-refractivity contribution is -0.142. The van der Waals surface area contributed by atoms with Gasteiger partial charge in [0.25, 0.3) is 0 Å². The first-order chi connectivity index (χ1) is 11.6. The standard InChI is InChI=1S/C17H29N3O4/c1-2-24-16(22)9-10-18-17(23)19-13-11-15(21)20(12-13)14-7-5-3-4-6-8-14/h13-14H,2-12H2,1H3,(H2,18,19,23)/t13-/m0/s1. The number of carbonyl (C=O) groups is 3. The fraction of sp³-hybridized carbons (Fsp3) is 0.824. The number of likely N-dealkylation sites (tertiary alicyclic amines) is 1. The van der Waals surface area contributed by atoms with Crippen LogP contribution >= 0.6 is 0 Å². The van der Waals surface area contributed by atoms with Gasteiger partial charge in [-0.2, -0.15) is 0 Å². The molecule has 1 saturated carbocycles. The molecule has 1 heterocycles. The monoisotopic (exact) mass is 339 g/mol. The highest BCUT2D eigenvalue weighted by Gasteiger charge is 2.35. The summed E-state index contributed by atoms with van der Waals surface area (Å²) < 4.78 is 4.80. The fourth-order valence-corrected chi connectivity index (χ4v) is 3.50. The summed E-state index contributed by atoms with van der Waals surface area (Å²) in [6, 6.07) is -0.151. The van der Waals surface area contributed by atoms with Gasteiger partial charge in [-0.3, -0.25) is 9.59 Å². The van der Waals surface area contributed by atoms with Crippen molar-refractivity contribution in [2.24, 2.45) is 0 Å². The number of esters is 1. The van der Waals surface area contributed by atoms with Crippen molar-refractivity contribution in [1.82, 2.24) is 15.5 Å². The predicted molar refractivity (Wildman–Crippen MR) is 89.4 cm³/mol. The van der Waals surface area contributed by atoms with E-state index < -0.39 is 0 Å². The Morgan fingerprint density at radius 2 is 1.92 bits per heavy atom. The molecule has 1 saturated heterocycles. The third-order valence-electron chi connectivity index (χ3n) is 4.68. The molecule has 2 rings (SSSR count). The third kappa shape index (κ3) is 5.69. The first kappa shape index (κ1) is 18.5. The third-order valence-corrected chi connectivity index (χ3v) is 4.68. The van der Waals surface area contributed by atoms with Crippen LogP contribution in [0.5, 0.6) is 0 Å². The maximum absolute atomic E-state index is 12.2. The number of carbonyl (C=O) groups excluding carboxylic acids is 3. The molecular formula is C17H29N3O4. The van der Waals surface area contributed by atoms with Crippen molar-refractivity contribution in [2.45, 2.75) is 70.4 Å². The molecule has 7 heteroatoms. The molecular weight excluding hydrogens is 310 g/mol. The molecule has 2 fully saturated rings. The maximum atomic E-state index is 12.2. The number of ether oxygens (including phenoxy) is 1. The zero-order chi connectivity index (χ0) is 17.4. The summed E-state index contributed by atoms with van der Waals surface area (Å²) in [7, 11) is 0. The Morgan fingerprint density at radius 3 is 2.58 bits per heavy atom. The van der Waals surface area contributed by atoms with Crippen molar-refractivity contribution < 1.29 is 19.1 Å². The molecule has 24 heavy (non-hydrogen) atoms. The second-order valence-electron chi connectivity index (χ2n) is 6.55. The Morgan fingerprint density at radius 1 is 1.21 bits per heavy atom. The Kier molecular flexibility index (Phi) is 7.34. The van der Waals surface area contributed by atoms with Gasteiger partial charge in [-0.05, 0) is 19.8 Å². The van der Waals surface area contributed by atoms with Crippen LogP contribution in [0.3, 0.4) is 0 Å². The average Bonchev–Trinajstić information content (AvgIpc) is 2.75. The Balaban J connectivity index is 1.70. The molecule has 3 amide bonds. The number of nitrogens with one attached hydrogen (secondary N) is 2. The lowest BCUT2D eigenvalue weighted by atomic mass is 10.1. The lowest BCUT2D eigenvalue weighted by Crippen LogP contribution is -2.45. The minimum atomic E-state index is -0.334. The SMILES string of the molecule is CCOC(=O)CCNC(=O)N[C@H]1CC(=O)N(C2CCCCCC2)C1. The quantitative estimate of drug-likeness (QED) is 0.568. The second kappa shape index (κ2) is 9.49. The van der Waals surface area contributed by atoms with Gasteiger partial charge in [0.15, 0.2) is 0 Å². The highest BCUT2D eigenvalue weighted by Crippen LogP contribution is 2.25. The molecule has 0 radical (unpaired) electrons. The van der Waals surface area contributed by atoms with Crippen LogP contribution in [0.2, 0.25) is 0 Å². The summed E-state index contributed by atoms with van der Waals surface area (Å²) in [5.74, 6) is -0.188. The number of hydrogen-bond donors (Lipinski definition) is 2. The number of amides is 3. The number of hydrogen-bond acceptors (Lipinski definition) is 4. The molecule has 7 nitrogen and oxygen atoms in total. The number of rotatable bonds is 6. The molecule has 2 aliphatic rings. The highest BCUT2D eigenvalue weighted by atomic mass is 16.5. The van der Waals surface area contributed by atoms with Crippen LogP contribution < -0.4 is 10.6 Å². The van der Waals surface area contributed by atoms with Gasteiger partial charge in [0.2, 0.25) is 5.91 Å². The molecule has 1 aliphatic heterocycles. The van der Waals surface area contributed by atoms with Crippen molar-refractivity contribution in [3.63, 3.8) is 0 Å². The van der Waals surface area contributed by atoms with Crippen molar-refractivity contribution in [1.29, 1.82) is 0 Å². The van der Waals surface area contributed by atoms with E-state index in [0.29, 0.717) is 25.6 Å². The average molecular weight is 339 g/mol. The van der Waals surface area contributed by atoms with Gasteiger partial charge in [0.1, 0.15) is 0 Å². The first-order valence-electron chi connectivity index (χ1n) is 9.09. The first-order valence-corrected chi connectivity index (χ1v) is 9.09. The molecule has 1 atom stereocenters. The highest BCUT2D eigenvalue weighted by molar-refractivity contribution is 5.82. The Bertz CT molecular complexity index is 447. The van der Waals surface area contributed by atoms with Gasteiger partial charge in [0.05, 0.1) is 19.1 Å². The largest absolute Gasteiger partial charge is 0.466 e. The van der Waals surface area contributed by atoms with E-state index in [2.05, 4.69) is 10.6 Å². The normalized spacial score (nSPS) is 22.1. The van der Waals surface area contributed by atoms with Gasteiger partial charge in [-0.15, -0.1) is 0 Å². The number of nitrogens with zero attached hydrogens (tertiary/aromatic N) is 1. The van der Waals surface area contributed by atoms with Gasteiger partial charge >= 0.3 is 12.0 Å². The van der Waals surface area contributed by atoms with Crippen LogP contribution in [0.25, 0.3) is 0 Å². The Hall–Kier alpha value is -1.79. The molecule has 0 aromatic carbocycles. The van der Waals surface area contributed by atoms with E-state index in [4.69, 9.17) is 4.74 Å². The molecule has 0 aromatic heterocycles. The van der Waals surface area contributed by atoms with Crippen LogP contribution in [0.1, 0.15) is 58.3 Å². The summed E-state index contributed by atoms with van der Waals surface area (Å²) in [6.45, 7) is 2.91. The van der Waals surface area contributed by atoms with E-state index >= 15 is 0 Å². The van der Waals surface area contributed by atoms with E-state index in [1.807, 2.05) is 4.90 Å². The lowest BCUT2D eigenvalue weighted by Gasteiger charge is -2.27. The topological polar surface area (TPSA) is 87.7 Å². The van der Waals surface area contributed by atoms with Crippen molar-refractivity contribution in [3.05, 3.63) is 0 Å².